The van der Waals surface area contributed by atoms with Gasteiger partial charge in [-0.25, -0.2) is 4.98 Å². The van der Waals surface area contributed by atoms with E-state index in [0.29, 0.717) is 17.8 Å². The third-order valence-corrected chi connectivity index (χ3v) is 5.05. The van der Waals surface area contributed by atoms with E-state index in [4.69, 9.17) is 9.47 Å². The summed E-state index contributed by atoms with van der Waals surface area (Å²) in [5, 5.41) is 3.10. The quantitative estimate of drug-likeness (QED) is 0.859. The Balaban J connectivity index is 1.48. The first-order valence-corrected chi connectivity index (χ1v) is 8.35. The topological polar surface area (TPSA) is 76.6 Å². The molecule has 3 aliphatic rings. The lowest BCUT2D eigenvalue weighted by Crippen LogP contribution is -2.48. The summed E-state index contributed by atoms with van der Waals surface area (Å²) in [6, 6.07) is 0.820. The van der Waals surface area contributed by atoms with Crippen LogP contribution in [0.3, 0.4) is 0 Å². The van der Waals surface area contributed by atoms with Gasteiger partial charge in [-0.2, -0.15) is 0 Å². The molecule has 0 aliphatic carbocycles. The molecule has 7 nitrogen and oxygen atoms in total. The zero-order valence-corrected chi connectivity index (χ0v) is 13.1. The van der Waals surface area contributed by atoms with Gasteiger partial charge in [0, 0.05) is 44.2 Å². The number of nitrogens with zero attached hydrogens (tertiary/aromatic N) is 3. The molecule has 3 fully saturated rings. The Morgan fingerprint density at radius 3 is 3.04 bits per heavy atom. The first-order chi connectivity index (χ1) is 11.3. The predicted octanol–water partition coefficient (Wildman–Crippen LogP) is 0.227. The molecule has 124 valence electrons. The summed E-state index contributed by atoms with van der Waals surface area (Å²) in [7, 11) is 0. The van der Waals surface area contributed by atoms with E-state index in [1.165, 1.54) is 12.4 Å². The Labute approximate surface area is 135 Å². The van der Waals surface area contributed by atoms with Gasteiger partial charge in [-0.3, -0.25) is 14.7 Å². The molecule has 0 saturated carbocycles. The molecule has 0 aromatic carbocycles. The number of amides is 1. The van der Waals surface area contributed by atoms with E-state index in [9.17, 15) is 4.79 Å². The lowest BCUT2D eigenvalue weighted by Gasteiger charge is -2.34. The number of rotatable bonds is 3. The van der Waals surface area contributed by atoms with Crippen molar-refractivity contribution < 1.29 is 14.3 Å². The molecule has 3 aliphatic heterocycles. The van der Waals surface area contributed by atoms with E-state index in [-0.39, 0.29) is 18.1 Å². The molecule has 7 heteroatoms. The Hall–Kier alpha value is -1.57. The number of aromatic nitrogens is 2. The second-order valence-corrected chi connectivity index (χ2v) is 6.43. The molecule has 4 rings (SSSR count). The first-order valence-electron chi connectivity index (χ1n) is 8.35. The van der Waals surface area contributed by atoms with Crippen molar-refractivity contribution in [2.75, 3.05) is 26.4 Å². The molecular formula is C16H22N4O3. The molecule has 1 aromatic heterocycles. The van der Waals surface area contributed by atoms with Crippen LogP contribution >= 0.6 is 0 Å². The summed E-state index contributed by atoms with van der Waals surface area (Å²) in [6.45, 7) is 3.20. The molecule has 4 heterocycles. The normalized spacial score (nSPS) is 34.3. The van der Waals surface area contributed by atoms with E-state index in [2.05, 4.69) is 20.2 Å². The molecule has 0 unspecified atom stereocenters. The summed E-state index contributed by atoms with van der Waals surface area (Å²) in [5.41, 5.74) is 0.350. The van der Waals surface area contributed by atoms with Crippen LogP contribution in [-0.4, -0.2) is 71.4 Å². The van der Waals surface area contributed by atoms with Gasteiger partial charge in [0.25, 0.3) is 5.91 Å². The first kappa shape index (κ1) is 15.0. The minimum atomic E-state index is -0.180. The zero-order valence-electron chi connectivity index (χ0n) is 13.1. The summed E-state index contributed by atoms with van der Waals surface area (Å²) in [4.78, 5) is 22.9. The van der Waals surface area contributed by atoms with Gasteiger partial charge in [0.2, 0.25) is 0 Å². The van der Waals surface area contributed by atoms with Crippen LogP contribution in [0.5, 0.6) is 0 Å². The summed E-state index contributed by atoms with van der Waals surface area (Å²) in [6.07, 6.45) is 7.92. The van der Waals surface area contributed by atoms with Gasteiger partial charge >= 0.3 is 0 Å². The second-order valence-electron chi connectivity index (χ2n) is 6.43. The Morgan fingerprint density at radius 2 is 2.26 bits per heavy atom. The highest BCUT2D eigenvalue weighted by Crippen LogP contribution is 2.32. The minimum Gasteiger partial charge on any atom is -0.380 e. The molecule has 1 N–H and O–H groups in total. The highest BCUT2D eigenvalue weighted by atomic mass is 16.5. The van der Waals surface area contributed by atoms with Crippen molar-refractivity contribution in [1.29, 1.82) is 0 Å². The number of carbonyl (C=O) groups is 1. The van der Waals surface area contributed by atoms with Gasteiger partial charge in [-0.1, -0.05) is 0 Å². The van der Waals surface area contributed by atoms with Gasteiger partial charge in [0.05, 0.1) is 24.9 Å². The molecular weight excluding hydrogens is 296 g/mol. The van der Waals surface area contributed by atoms with Crippen LogP contribution in [0, 0.1) is 0 Å². The van der Waals surface area contributed by atoms with Crippen LogP contribution in [0.1, 0.15) is 29.8 Å². The van der Waals surface area contributed by atoms with Gasteiger partial charge in [0.1, 0.15) is 5.69 Å². The zero-order chi connectivity index (χ0) is 15.6. The second kappa shape index (κ2) is 6.51. The van der Waals surface area contributed by atoms with Gasteiger partial charge < -0.3 is 14.8 Å². The number of hydrogen-bond donors (Lipinski definition) is 1. The van der Waals surface area contributed by atoms with E-state index in [0.717, 1.165) is 45.6 Å². The number of nitrogens with one attached hydrogen (secondary N) is 1. The number of fused-ring (bicyclic) bond motifs is 1. The Morgan fingerprint density at radius 1 is 1.30 bits per heavy atom. The van der Waals surface area contributed by atoms with E-state index in [1.54, 1.807) is 6.20 Å². The highest BCUT2D eigenvalue weighted by Gasteiger charge is 2.47. The molecule has 23 heavy (non-hydrogen) atoms. The van der Waals surface area contributed by atoms with Crippen molar-refractivity contribution in [3.05, 3.63) is 24.3 Å². The van der Waals surface area contributed by atoms with E-state index < -0.39 is 0 Å². The van der Waals surface area contributed by atoms with Gasteiger partial charge in [-0.05, 0) is 19.3 Å². The number of ether oxygens (including phenoxy) is 2. The van der Waals surface area contributed by atoms with Crippen LogP contribution in [0.2, 0.25) is 0 Å². The monoisotopic (exact) mass is 318 g/mol. The van der Waals surface area contributed by atoms with Crippen molar-refractivity contribution in [3.63, 3.8) is 0 Å². The fourth-order valence-electron chi connectivity index (χ4n) is 3.98. The summed E-state index contributed by atoms with van der Waals surface area (Å²) in [5.74, 6) is -0.180. The van der Waals surface area contributed by atoms with E-state index >= 15 is 0 Å². The largest absolute Gasteiger partial charge is 0.380 e. The van der Waals surface area contributed by atoms with Gasteiger partial charge in [-0.15, -0.1) is 0 Å². The molecule has 0 spiro atoms. The summed E-state index contributed by atoms with van der Waals surface area (Å²) < 4.78 is 11.6. The smallest absolute Gasteiger partial charge is 0.271 e. The summed E-state index contributed by atoms with van der Waals surface area (Å²) >= 11 is 0. The third-order valence-electron chi connectivity index (χ3n) is 5.05. The van der Waals surface area contributed by atoms with Gasteiger partial charge in [0.15, 0.2) is 0 Å². The highest BCUT2D eigenvalue weighted by molar-refractivity contribution is 5.92. The van der Waals surface area contributed by atoms with Crippen LogP contribution in [0.15, 0.2) is 18.6 Å². The maximum atomic E-state index is 12.4. The van der Waals surface area contributed by atoms with Crippen molar-refractivity contribution in [1.82, 2.24) is 20.2 Å². The van der Waals surface area contributed by atoms with Crippen LogP contribution in [0.25, 0.3) is 0 Å². The van der Waals surface area contributed by atoms with Crippen molar-refractivity contribution in [3.8, 4) is 0 Å². The molecule has 0 bridgehead atoms. The number of hydrogen-bond acceptors (Lipinski definition) is 6. The predicted molar refractivity (Wildman–Crippen MR) is 82.0 cm³/mol. The lowest BCUT2D eigenvalue weighted by atomic mass is 10.00. The maximum Gasteiger partial charge on any atom is 0.271 e. The lowest BCUT2D eigenvalue weighted by molar-refractivity contribution is -0.0270. The number of carbonyl (C=O) groups excluding carboxylic acids is 1. The molecule has 0 radical (unpaired) electrons. The van der Waals surface area contributed by atoms with Crippen LogP contribution in [0.4, 0.5) is 0 Å². The minimum absolute atomic E-state index is 0.00425. The molecule has 4 atom stereocenters. The number of likely N-dealkylation sites (tertiary alicyclic amines) is 1. The Kier molecular flexibility index (Phi) is 4.24. The van der Waals surface area contributed by atoms with Crippen LogP contribution < -0.4 is 5.32 Å². The van der Waals surface area contributed by atoms with Crippen molar-refractivity contribution in [2.24, 2.45) is 0 Å². The Bertz CT molecular complexity index is 550. The molecule has 3 saturated heterocycles. The average molecular weight is 318 g/mol. The maximum absolute atomic E-state index is 12.4. The molecule has 1 amide bonds. The molecule has 1 aromatic rings. The third kappa shape index (κ3) is 2.96. The SMILES string of the molecule is O=C(N[C@H]1CN([C@H]2CCOC2)[C@@H]2CCCO[C@H]12)c1cnccn1. The van der Waals surface area contributed by atoms with E-state index in [1.807, 2.05) is 0 Å². The average Bonchev–Trinajstić information content (AvgIpc) is 3.24. The van der Waals surface area contributed by atoms with Crippen molar-refractivity contribution >= 4 is 5.91 Å². The van der Waals surface area contributed by atoms with Crippen LogP contribution in [-0.2, 0) is 9.47 Å². The fraction of sp³-hybridized carbons (Fsp3) is 0.688. The van der Waals surface area contributed by atoms with Crippen molar-refractivity contribution in [2.45, 2.75) is 43.5 Å². The standard InChI is InChI=1S/C16H22N4O3/c21-16(12-8-17-4-5-18-12)19-13-9-20(11-3-7-22-10-11)14-2-1-6-23-15(13)14/h4-5,8,11,13-15H,1-3,6-7,9-10H2,(H,19,21)/t11-,13-,14+,15+/m0/s1. The fourth-order valence-corrected chi connectivity index (χ4v) is 3.98.